The molecule has 3 nitrogen and oxygen atoms in total. The van der Waals surface area contributed by atoms with E-state index in [0.717, 1.165) is 25.7 Å². The summed E-state index contributed by atoms with van der Waals surface area (Å²) in [6.45, 7) is 3.99. The zero-order valence-corrected chi connectivity index (χ0v) is 9.77. The normalized spacial score (nSPS) is 26.9. The highest BCUT2D eigenvalue weighted by Gasteiger charge is 2.24. The first-order valence-electron chi connectivity index (χ1n) is 5.15. The molecule has 0 atom stereocenters. The average Bonchev–Trinajstić information content (AvgIpc) is 2.04. The van der Waals surface area contributed by atoms with Gasteiger partial charge in [-0.2, -0.15) is 0 Å². The van der Waals surface area contributed by atoms with Crippen molar-refractivity contribution in [2.75, 3.05) is 0 Å². The summed E-state index contributed by atoms with van der Waals surface area (Å²) in [6.07, 6.45) is 3.91. The third kappa shape index (κ3) is 4.29. The molecule has 0 heterocycles. The van der Waals surface area contributed by atoms with E-state index in [0.29, 0.717) is 6.04 Å². The molecule has 0 aromatic carbocycles. The van der Waals surface area contributed by atoms with Crippen molar-refractivity contribution in [3.63, 3.8) is 0 Å². The molecule has 0 aromatic heterocycles. The number of carbonyl (C=O) groups excluding carboxylic acids is 1. The van der Waals surface area contributed by atoms with Gasteiger partial charge in [-0.3, -0.25) is 4.79 Å². The second-order valence-electron chi connectivity index (χ2n) is 4.27. The maximum atomic E-state index is 11.6. The number of rotatable bonds is 2. The van der Waals surface area contributed by atoms with E-state index in [1.165, 1.54) is 0 Å². The summed E-state index contributed by atoms with van der Waals surface area (Å²) in [5.41, 5.74) is 5.77. The van der Waals surface area contributed by atoms with Gasteiger partial charge < -0.3 is 11.1 Å². The minimum Gasteiger partial charge on any atom is -0.354 e. The first-order valence-corrected chi connectivity index (χ1v) is 5.15. The van der Waals surface area contributed by atoms with E-state index >= 15 is 0 Å². The molecule has 0 unspecified atom stereocenters. The molecule has 0 bridgehead atoms. The molecule has 1 aliphatic rings. The SMILES string of the molecule is CC(C)NC(=O)[C@H]1CC[C@@H](N)CC1.Cl. The highest BCUT2D eigenvalue weighted by atomic mass is 35.5. The topological polar surface area (TPSA) is 55.1 Å². The Morgan fingerprint density at radius 3 is 2.21 bits per heavy atom. The third-order valence-electron chi connectivity index (χ3n) is 2.57. The summed E-state index contributed by atoms with van der Waals surface area (Å²) in [7, 11) is 0. The Balaban J connectivity index is 0.00000169. The van der Waals surface area contributed by atoms with E-state index in [2.05, 4.69) is 5.32 Å². The van der Waals surface area contributed by atoms with E-state index in [-0.39, 0.29) is 30.3 Å². The van der Waals surface area contributed by atoms with Crippen LogP contribution >= 0.6 is 12.4 Å². The minimum absolute atomic E-state index is 0. The molecule has 0 aliphatic heterocycles. The van der Waals surface area contributed by atoms with E-state index in [9.17, 15) is 4.79 Å². The van der Waals surface area contributed by atoms with Gasteiger partial charge in [0.1, 0.15) is 0 Å². The summed E-state index contributed by atoms with van der Waals surface area (Å²) in [5.74, 6) is 0.420. The molecule has 1 rings (SSSR count). The van der Waals surface area contributed by atoms with Crippen LogP contribution in [0.4, 0.5) is 0 Å². The maximum absolute atomic E-state index is 11.6. The van der Waals surface area contributed by atoms with Gasteiger partial charge in [0.15, 0.2) is 0 Å². The van der Waals surface area contributed by atoms with E-state index in [1.807, 2.05) is 13.8 Å². The fourth-order valence-electron chi connectivity index (χ4n) is 1.78. The molecule has 4 heteroatoms. The van der Waals surface area contributed by atoms with Gasteiger partial charge in [-0.1, -0.05) is 0 Å². The molecular weight excluding hydrogens is 200 g/mol. The second-order valence-corrected chi connectivity index (χ2v) is 4.27. The molecule has 0 aromatic rings. The van der Waals surface area contributed by atoms with Crippen molar-refractivity contribution in [2.24, 2.45) is 11.7 Å². The number of amides is 1. The predicted octanol–water partition coefficient (Wildman–Crippen LogP) is 1.45. The zero-order chi connectivity index (χ0) is 9.84. The van der Waals surface area contributed by atoms with Crippen LogP contribution in [0.25, 0.3) is 0 Å². The van der Waals surface area contributed by atoms with Gasteiger partial charge in [0.25, 0.3) is 0 Å². The Kier molecular flexibility index (Phi) is 6.12. The predicted molar refractivity (Wildman–Crippen MR) is 60.5 cm³/mol. The van der Waals surface area contributed by atoms with Gasteiger partial charge >= 0.3 is 0 Å². The van der Waals surface area contributed by atoms with Gasteiger partial charge in [0.05, 0.1) is 0 Å². The first-order chi connectivity index (χ1) is 6.09. The van der Waals surface area contributed by atoms with Crippen LogP contribution in [0.5, 0.6) is 0 Å². The van der Waals surface area contributed by atoms with E-state index in [1.54, 1.807) is 0 Å². The van der Waals surface area contributed by atoms with Crippen LogP contribution in [0.2, 0.25) is 0 Å². The number of halogens is 1. The van der Waals surface area contributed by atoms with Gasteiger partial charge in [-0.15, -0.1) is 12.4 Å². The average molecular weight is 221 g/mol. The molecule has 1 amide bonds. The molecule has 1 fully saturated rings. The molecule has 1 aliphatic carbocycles. The zero-order valence-electron chi connectivity index (χ0n) is 8.95. The summed E-state index contributed by atoms with van der Waals surface area (Å²) < 4.78 is 0. The number of nitrogens with two attached hydrogens (primary N) is 1. The number of nitrogens with one attached hydrogen (secondary N) is 1. The van der Waals surface area contributed by atoms with Crippen LogP contribution in [0.1, 0.15) is 39.5 Å². The van der Waals surface area contributed by atoms with E-state index < -0.39 is 0 Å². The Hall–Kier alpha value is -0.280. The highest BCUT2D eigenvalue weighted by Crippen LogP contribution is 2.23. The molecule has 0 radical (unpaired) electrons. The van der Waals surface area contributed by atoms with Gasteiger partial charge in [0.2, 0.25) is 5.91 Å². The third-order valence-corrected chi connectivity index (χ3v) is 2.57. The summed E-state index contributed by atoms with van der Waals surface area (Å²) in [5, 5.41) is 2.95. The van der Waals surface area contributed by atoms with Crippen molar-refractivity contribution < 1.29 is 4.79 Å². The molecule has 0 spiro atoms. The number of hydrogen-bond acceptors (Lipinski definition) is 2. The largest absolute Gasteiger partial charge is 0.354 e. The Morgan fingerprint density at radius 1 is 1.29 bits per heavy atom. The van der Waals surface area contributed by atoms with Crippen molar-refractivity contribution in [1.82, 2.24) is 5.32 Å². The van der Waals surface area contributed by atoms with Crippen LogP contribution in [-0.2, 0) is 4.79 Å². The van der Waals surface area contributed by atoms with Crippen LogP contribution in [0, 0.1) is 5.92 Å². The molecular formula is C10H21ClN2O. The lowest BCUT2D eigenvalue weighted by molar-refractivity contribution is -0.126. The lowest BCUT2D eigenvalue weighted by Crippen LogP contribution is -2.39. The molecule has 3 N–H and O–H groups in total. The number of hydrogen-bond donors (Lipinski definition) is 2. The molecule has 0 saturated heterocycles. The van der Waals surface area contributed by atoms with Gasteiger partial charge in [-0.05, 0) is 39.5 Å². The Labute approximate surface area is 92.2 Å². The van der Waals surface area contributed by atoms with Gasteiger partial charge in [-0.25, -0.2) is 0 Å². The van der Waals surface area contributed by atoms with Crippen molar-refractivity contribution in [3.8, 4) is 0 Å². The quantitative estimate of drug-likeness (QED) is 0.740. The van der Waals surface area contributed by atoms with Crippen molar-refractivity contribution in [2.45, 2.75) is 51.6 Å². The van der Waals surface area contributed by atoms with Gasteiger partial charge in [0, 0.05) is 18.0 Å². The summed E-state index contributed by atoms with van der Waals surface area (Å²) in [6, 6.07) is 0.575. The fourth-order valence-corrected chi connectivity index (χ4v) is 1.78. The maximum Gasteiger partial charge on any atom is 0.223 e. The van der Waals surface area contributed by atoms with Crippen LogP contribution in [0.3, 0.4) is 0 Å². The van der Waals surface area contributed by atoms with Crippen molar-refractivity contribution >= 4 is 18.3 Å². The van der Waals surface area contributed by atoms with Crippen LogP contribution in [0.15, 0.2) is 0 Å². The minimum atomic E-state index is 0. The molecule has 14 heavy (non-hydrogen) atoms. The van der Waals surface area contributed by atoms with Crippen LogP contribution < -0.4 is 11.1 Å². The fraction of sp³-hybridized carbons (Fsp3) is 0.900. The second kappa shape index (κ2) is 6.25. The summed E-state index contributed by atoms with van der Waals surface area (Å²) >= 11 is 0. The first kappa shape index (κ1) is 13.7. The van der Waals surface area contributed by atoms with E-state index in [4.69, 9.17) is 5.73 Å². The smallest absolute Gasteiger partial charge is 0.223 e. The summed E-state index contributed by atoms with van der Waals surface area (Å²) in [4.78, 5) is 11.6. The standard InChI is InChI=1S/C10H20N2O.ClH/c1-7(2)12-10(13)8-3-5-9(11)6-4-8;/h7-9H,3-6,11H2,1-2H3,(H,12,13);1H/t8-,9+;. The number of carbonyl (C=O) groups is 1. The lowest BCUT2D eigenvalue weighted by Gasteiger charge is -2.25. The lowest BCUT2D eigenvalue weighted by atomic mass is 9.86. The van der Waals surface area contributed by atoms with Crippen LogP contribution in [-0.4, -0.2) is 18.0 Å². The highest BCUT2D eigenvalue weighted by molar-refractivity contribution is 5.85. The Morgan fingerprint density at radius 2 is 1.79 bits per heavy atom. The van der Waals surface area contributed by atoms with Crippen molar-refractivity contribution in [3.05, 3.63) is 0 Å². The molecule has 84 valence electrons. The van der Waals surface area contributed by atoms with Crippen molar-refractivity contribution in [1.29, 1.82) is 0 Å². The monoisotopic (exact) mass is 220 g/mol. The molecule has 1 saturated carbocycles. The Bertz CT molecular complexity index is 177.